The summed E-state index contributed by atoms with van der Waals surface area (Å²) in [5.41, 5.74) is 0.464. The van der Waals surface area contributed by atoms with Crippen molar-refractivity contribution in [3.05, 3.63) is 29.8 Å². The number of nitrogens with zero attached hydrogens (tertiary/aromatic N) is 1. The topological polar surface area (TPSA) is 75.7 Å². The largest absolute Gasteiger partial charge is 0.427 e. The molecule has 0 bridgehead atoms. The minimum absolute atomic E-state index is 0.0285. The first-order valence-electron chi connectivity index (χ1n) is 8.72. The van der Waals surface area contributed by atoms with Gasteiger partial charge in [-0.25, -0.2) is 0 Å². The number of carbonyl (C=O) groups is 3. The number of carbonyl (C=O) groups excluding carboxylic acids is 3. The van der Waals surface area contributed by atoms with Gasteiger partial charge in [-0.05, 0) is 37.0 Å². The Balaban J connectivity index is 1.81. The predicted molar refractivity (Wildman–Crippen MR) is 94.2 cm³/mol. The van der Waals surface area contributed by atoms with Crippen molar-refractivity contribution in [3.63, 3.8) is 0 Å². The molecule has 0 aromatic heterocycles. The molecule has 6 heteroatoms. The Morgan fingerprint density at radius 1 is 1.24 bits per heavy atom. The number of rotatable bonds is 5. The summed E-state index contributed by atoms with van der Waals surface area (Å²) in [7, 11) is 0. The second-order valence-corrected chi connectivity index (χ2v) is 6.75. The van der Waals surface area contributed by atoms with Crippen LogP contribution in [-0.2, 0) is 9.59 Å². The number of hydrogen-bond donors (Lipinski definition) is 1. The molecular weight excluding hydrogens is 320 g/mol. The molecular formula is C19H26N2O4. The fourth-order valence-corrected chi connectivity index (χ4v) is 2.93. The van der Waals surface area contributed by atoms with E-state index in [-0.39, 0.29) is 17.7 Å². The molecule has 25 heavy (non-hydrogen) atoms. The van der Waals surface area contributed by atoms with Crippen molar-refractivity contribution in [1.29, 1.82) is 0 Å². The second kappa shape index (κ2) is 8.65. The fourth-order valence-electron chi connectivity index (χ4n) is 2.93. The van der Waals surface area contributed by atoms with Crippen molar-refractivity contribution >= 4 is 17.8 Å². The highest BCUT2D eigenvalue weighted by atomic mass is 16.5. The molecule has 1 aromatic rings. The van der Waals surface area contributed by atoms with Gasteiger partial charge in [-0.15, -0.1) is 0 Å². The molecule has 6 nitrogen and oxygen atoms in total. The molecule has 1 saturated heterocycles. The normalized spacial score (nSPS) is 15.1. The van der Waals surface area contributed by atoms with Gasteiger partial charge in [0.25, 0.3) is 5.91 Å². The Hall–Kier alpha value is -2.37. The van der Waals surface area contributed by atoms with Crippen molar-refractivity contribution in [2.24, 2.45) is 11.8 Å². The summed E-state index contributed by atoms with van der Waals surface area (Å²) >= 11 is 0. The van der Waals surface area contributed by atoms with Crippen molar-refractivity contribution in [3.8, 4) is 5.75 Å². The number of esters is 1. The number of benzene rings is 1. The quantitative estimate of drug-likeness (QED) is 0.655. The molecule has 1 fully saturated rings. The zero-order chi connectivity index (χ0) is 18.4. The van der Waals surface area contributed by atoms with Crippen LogP contribution in [0.5, 0.6) is 5.75 Å². The number of hydrogen-bond acceptors (Lipinski definition) is 4. The van der Waals surface area contributed by atoms with Gasteiger partial charge in [0.05, 0.1) is 0 Å². The van der Waals surface area contributed by atoms with Crippen LogP contribution in [0.4, 0.5) is 0 Å². The smallest absolute Gasteiger partial charge is 0.308 e. The van der Waals surface area contributed by atoms with E-state index in [1.807, 2.05) is 18.7 Å². The van der Waals surface area contributed by atoms with Crippen LogP contribution in [0.3, 0.4) is 0 Å². The number of piperidine rings is 1. The van der Waals surface area contributed by atoms with Gasteiger partial charge in [-0.3, -0.25) is 14.4 Å². The van der Waals surface area contributed by atoms with E-state index in [0.717, 1.165) is 25.9 Å². The molecule has 0 unspecified atom stereocenters. The van der Waals surface area contributed by atoms with Crippen LogP contribution in [0.25, 0.3) is 0 Å². The van der Waals surface area contributed by atoms with Crippen molar-refractivity contribution < 1.29 is 19.1 Å². The third kappa shape index (κ3) is 5.59. The van der Waals surface area contributed by atoms with Crippen LogP contribution in [0.2, 0.25) is 0 Å². The summed E-state index contributed by atoms with van der Waals surface area (Å²) < 4.78 is 5.00. The molecule has 0 aliphatic carbocycles. The van der Waals surface area contributed by atoms with E-state index >= 15 is 0 Å². The minimum Gasteiger partial charge on any atom is -0.427 e. The maximum atomic E-state index is 12.3. The van der Waals surface area contributed by atoms with Crippen LogP contribution in [-0.4, -0.2) is 42.3 Å². The number of ether oxygens (including phenoxy) is 1. The average molecular weight is 346 g/mol. The molecule has 1 aliphatic rings. The van der Waals surface area contributed by atoms with Gasteiger partial charge in [0.1, 0.15) is 5.75 Å². The minimum atomic E-state index is -0.416. The van der Waals surface area contributed by atoms with Crippen LogP contribution in [0, 0.1) is 11.8 Å². The Morgan fingerprint density at radius 2 is 1.92 bits per heavy atom. The molecule has 0 saturated carbocycles. The number of likely N-dealkylation sites (tertiary alicyclic amines) is 1. The molecule has 1 N–H and O–H groups in total. The Kier molecular flexibility index (Phi) is 6.56. The summed E-state index contributed by atoms with van der Waals surface area (Å²) in [4.78, 5) is 37.2. The van der Waals surface area contributed by atoms with E-state index in [1.165, 1.54) is 6.92 Å². The molecule has 2 rings (SSSR count). The monoisotopic (exact) mass is 346 g/mol. The number of amides is 2. The van der Waals surface area contributed by atoms with Crippen molar-refractivity contribution in [2.75, 3.05) is 19.6 Å². The highest BCUT2D eigenvalue weighted by molar-refractivity contribution is 5.94. The lowest BCUT2D eigenvalue weighted by Crippen LogP contribution is -2.43. The molecule has 1 aromatic carbocycles. The first kappa shape index (κ1) is 19.0. The Labute approximate surface area is 148 Å². The van der Waals surface area contributed by atoms with E-state index in [4.69, 9.17) is 4.74 Å². The summed E-state index contributed by atoms with van der Waals surface area (Å²) in [6, 6.07) is 6.57. The number of nitrogens with one attached hydrogen (secondary N) is 1. The fraction of sp³-hybridized carbons (Fsp3) is 0.526. The Morgan fingerprint density at radius 3 is 2.52 bits per heavy atom. The van der Waals surface area contributed by atoms with E-state index < -0.39 is 5.97 Å². The van der Waals surface area contributed by atoms with Gasteiger partial charge in [0, 0.05) is 38.0 Å². The highest BCUT2D eigenvalue weighted by Gasteiger charge is 2.24. The van der Waals surface area contributed by atoms with Crippen LogP contribution < -0.4 is 10.1 Å². The standard InChI is InChI=1S/C19H26N2O4/c1-13(2)19(24)21-9-7-15(8-10-21)12-20-18(23)16-5-4-6-17(11-16)25-14(3)22/h4-6,11,13,15H,7-10,12H2,1-3H3,(H,20,23). The zero-order valence-electron chi connectivity index (χ0n) is 15.1. The molecule has 136 valence electrons. The molecule has 0 spiro atoms. The van der Waals surface area contributed by atoms with Gasteiger partial charge in [-0.2, -0.15) is 0 Å². The van der Waals surface area contributed by atoms with Crippen molar-refractivity contribution in [2.45, 2.75) is 33.6 Å². The van der Waals surface area contributed by atoms with Gasteiger partial charge in [0.2, 0.25) is 5.91 Å². The summed E-state index contributed by atoms with van der Waals surface area (Å²) in [5.74, 6) is 0.359. The Bertz CT molecular complexity index is 634. The van der Waals surface area contributed by atoms with Crippen LogP contribution >= 0.6 is 0 Å². The van der Waals surface area contributed by atoms with Crippen LogP contribution in [0.15, 0.2) is 24.3 Å². The third-order valence-electron chi connectivity index (χ3n) is 4.33. The molecule has 2 amide bonds. The van der Waals surface area contributed by atoms with E-state index in [0.29, 0.717) is 23.8 Å². The lowest BCUT2D eigenvalue weighted by Gasteiger charge is -2.33. The third-order valence-corrected chi connectivity index (χ3v) is 4.33. The van der Waals surface area contributed by atoms with Gasteiger partial charge >= 0.3 is 5.97 Å². The SMILES string of the molecule is CC(=O)Oc1cccc(C(=O)NCC2CCN(C(=O)C(C)C)CC2)c1. The second-order valence-electron chi connectivity index (χ2n) is 6.75. The first-order chi connectivity index (χ1) is 11.9. The summed E-state index contributed by atoms with van der Waals surface area (Å²) in [6.07, 6.45) is 1.79. The summed E-state index contributed by atoms with van der Waals surface area (Å²) in [5, 5.41) is 2.93. The lowest BCUT2D eigenvalue weighted by atomic mass is 9.96. The maximum absolute atomic E-state index is 12.3. The molecule has 0 atom stereocenters. The average Bonchev–Trinajstić information content (AvgIpc) is 2.59. The molecule has 1 aliphatic heterocycles. The van der Waals surface area contributed by atoms with Crippen LogP contribution in [0.1, 0.15) is 44.0 Å². The van der Waals surface area contributed by atoms with Gasteiger partial charge < -0.3 is 15.0 Å². The lowest BCUT2D eigenvalue weighted by molar-refractivity contribution is -0.136. The van der Waals surface area contributed by atoms with E-state index in [2.05, 4.69) is 5.32 Å². The highest BCUT2D eigenvalue weighted by Crippen LogP contribution is 2.19. The predicted octanol–water partition coefficient (Wildman–Crippen LogP) is 2.24. The van der Waals surface area contributed by atoms with Gasteiger partial charge in [-0.1, -0.05) is 19.9 Å². The zero-order valence-corrected chi connectivity index (χ0v) is 15.1. The summed E-state index contributed by atoms with van der Waals surface area (Å²) in [6.45, 7) is 7.24. The molecule has 1 heterocycles. The maximum Gasteiger partial charge on any atom is 0.308 e. The molecule has 0 radical (unpaired) electrons. The van der Waals surface area contributed by atoms with E-state index in [1.54, 1.807) is 24.3 Å². The van der Waals surface area contributed by atoms with E-state index in [9.17, 15) is 14.4 Å². The first-order valence-corrected chi connectivity index (χ1v) is 8.72. The van der Waals surface area contributed by atoms with Gasteiger partial charge in [0.15, 0.2) is 0 Å². The van der Waals surface area contributed by atoms with Crippen molar-refractivity contribution in [1.82, 2.24) is 10.2 Å².